The second-order valence-corrected chi connectivity index (χ2v) is 4.90. The van der Waals surface area contributed by atoms with Crippen LogP contribution in [0, 0.1) is 0 Å². The van der Waals surface area contributed by atoms with Gasteiger partial charge < -0.3 is 5.11 Å². The Bertz CT molecular complexity index is 647. The summed E-state index contributed by atoms with van der Waals surface area (Å²) in [4.78, 5) is 10.7. The molecular formula is C9H6N2O5S. The van der Waals surface area contributed by atoms with Gasteiger partial charge in [-0.25, -0.2) is 17.8 Å². The third kappa shape index (κ3) is 1.89. The molecule has 2 rings (SSSR count). The first-order valence-electron chi connectivity index (χ1n) is 4.39. The smallest absolute Gasteiger partial charge is 0.361 e. The van der Waals surface area contributed by atoms with Crippen LogP contribution in [0.2, 0.25) is 0 Å². The molecule has 0 unspecified atom stereocenters. The molecule has 88 valence electrons. The monoisotopic (exact) mass is 254 g/mol. The van der Waals surface area contributed by atoms with Gasteiger partial charge in [-0.2, -0.15) is 0 Å². The van der Waals surface area contributed by atoms with Crippen LogP contribution >= 0.6 is 0 Å². The highest BCUT2D eigenvalue weighted by molar-refractivity contribution is 7.91. The maximum atomic E-state index is 12.0. The maximum Gasteiger partial charge on any atom is 0.361 e. The van der Waals surface area contributed by atoms with E-state index in [1.54, 1.807) is 6.07 Å². The van der Waals surface area contributed by atoms with Crippen molar-refractivity contribution in [2.75, 3.05) is 0 Å². The van der Waals surface area contributed by atoms with E-state index in [4.69, 9.17) is 5.11 Å². The fourth-order valence-electron chi connectivity index (χ4n) is 1.20. The van der Waals surface area contributed by atoms with Crippen LogP contribution in [0.4, 0.5) is 0 Å². The van der Waals surface area contributed by atoms with Gasteiger partial charge in [-0.05, 0) is 22.4 Å². The van der Waals surface area contributed by atoms with Gasteiger partial charge in [0.15, 0.2) is 0 Å². The molecule has 1 N–H and O–H groups in total. The first-order chi connectivity index (χ1) is 8.03. The summed E-state index contributed by atoms with van der Waals surface area (Å²) in [7, 11) is -4.02. The lowest BCUT2D eigenvalue weighted by molar-refractivity contribution is 0.0681. The van der Waals surface area contributed by atoms with Gasteiger partial charge in [0.2, 0.25) is 20.6 Å². The molecule has 0 radical (unpaired) electrons. The third-order valence-electron chi connectivity index (χ3n) is 1.97. The van der Waals surface area contributed by atoms with Crippen LogP contribution in [0.15, 0.2) is 44.9 Å². The molecule has 1 heterocycles. The number of aromatic nitrogens is 2. The number of benzene rings is 1. The van der Waals surface area contributed by atoms with Crippen molar-refractivity contribution < 1.29 is 22.9 Å². The number of aromatic carboxylic acids is 1. The predicted molar refractivity (Wildman–Crippen MR) is 53.2 cm³/mol. The Morgan fingerprint density at radius 2 is 1.82 bits per heavy atom. The fourth-order valence-corrected chi connectivity index (χ4v) is 2.45. The lowest BCUT2D eigenvalue weighted by atomic mass is 10.4. The molecule has 1 aromatic heterocycles. The van der Waals surface area contributed by atoms with Gasteiger partial charge in [0.25, 0.3) is 0 Å². The van der Waals surface area contributed by atoms with Crippen LogP contribution in [0.25, 0.3) is 0 Å². The topological polar surface area (TPSA) is 110 Å². The summed E-state index contributed by atoms with van der Waals surface area (Å²) in [5.41, 5.74) is -0.728. The molecule has 0 saturated carbocycles. The lowest BCUT2D eigenvalue weighted by Gasteiger charge is -1.99. The average Bonchev–Trinajstić information content (AvgIpc) is 2.80. The Morgan fingerprint density at radius 1 is 1.18 bits per heavy atom. The molecule has 0 amide bonds. The Labute approximate surface area is 95.6 Å². The molecule has 2 aromatic rings. The van der Waals surface area contributed by atoms with Crippen molar-refractivity contribution in [1.82, 2.24) is 10.3 Å². The van der Waals surface area contributed by atoms with E-state index < -0.39 is 26.5 Å². The van der Waals surface area contributed by atoms with Crippen LogP contribution in [0.1, 0.15) is 10.5 Å². The fraction of sp³-hybridized carbons (Fsp3) is 0. The number of rotatable bonds is 3. The second kappa shape index (κ2) is 3.98. The van der Waals surface area contributed by atoms with E-state index in [-0.39, 0.29) is 4.90 Å². The summed E-state index contributed by atoms with van der Waals surface area (Å²) in [6, 6.07) is 7.32. The summed E-state index contributed by atoms with van der Waals surface area (Å²) in [6.45, 7) is 0. The molecule has 0 bridgehead atoms. The van der Waals surface area contributed by atoms with Gasteiger partial charge in [0.05, 0.1) is 4.90 Å². The van der Waals surface area contributed by atoms with E-state index in [9.17, 15) is 13.2 Å². The number of hydrogen-bond donors (Lipinski definition) is 1. The number of carbonyl (C=O) groups is 1. The quantitative estimate of drug-likeness (QED) is 0.853. The van der Waals surface area contributed by atoms with E-state index in [0.29, 0.717) is 0 Å². The minimum Gasteiger partial charge on any atom is -0.476 e. The Hall–Kier alpha value is -2.22. The van der Waals surface area contributed by atoms with Crippen LogP contribution in [0.5, 0.6) is 0 Å². The molecule has 8 heteroatoms. The highest BCUT2D eigenvalue weighted by Gasteiger charge is 2.30. The van der Waals surface area contributed by atoms with Crippen molar-refractivity contribution in [2.24, 2.45) is 0 Å². The Kier molecular flexibility index (Phi) is 2.64. The standard InChI is InChI=1S/C9H6N2O5S/c12-9(13)7-8(11-16-10-7)17(14,15)6-4-2-1-3-5-6/h1-5H,(H,12,13). The average molecular weight is 254 g/mol. The van der Waals surface area contributed by atoms with Crippen molar-refractivity contribution in [3.05, 3.63) is 36.0 Å². The maximum absolute atomic E-state index is 12.0. The summed E-state index contributed by atoms with van der Waals surface area (Å²) >= 11 is 0. The molecule has 0 aliphatic heterocycles. The molecule has 0 spiro atoms. The zero-order valence-corrected chi connectivity index (χ0v) is 9.09. The van der Waals surface area contributed by atoms with Gasteiger partial charge in [0.1, 0.15) is 0 Å². The molecule has 0 aliphatic rings. The van der Waals surface area contributed by atoms with Crippen molar-refractivity contribution in [1.29, 1.82) is 0 Å². The second-order valence-electron chi connectivity index (χ2n) is 3.04. The van der Waals surface area contributed by atoms with Crippen molar-refractivity contribution in [2.45, 2.75) is 9.92 Å². The minimum absolute atomic E-state index is 0.0711. The van der Waals surface area contributed by atoms with Crippen molar-refractivity contribution in [3.8, 4) is 0 Å². The van der Waals surface area contributed by atoms with E-state index in [1.807, 2.05) is 0 Å². The minimum atomic E-state index is -4.02. The largest absolute Gasteiger partial charge is 0.476 e. The van der Waals surface area contributed by atoms with E-state index in [2.05, 4.69) is 14.9 Å². The SMILES string of the molecule is O=C(O)c1nonc1S(=O)(=O)c1ccccc1. The molecule has 0 fully saturated rings. The van der Waals surface area contributed by atoms with E-state index in [1.165, 1.54) is 24.3 Å². The molecular weight excluding hydrogens is 248 g/mol. The van der Waals surface area contributed by atoms with Crippen LogP contribution < -0.4 is 0 Å². The molecule has 0 saturated heterocycles. The number of carboxylic acid groups (broad SMARTS) is 1. The van der Waals surface area contributed by atoms with Gasteiger partial charge in [-0.1, -0.05) is 18.2 Å². The summed E-state index contributed by atoms with van der Waals surface area (Å²) < 4.78 is 28.1. The summed E-state index contributed by atoms with van der Waals surface area (Å²) in [5, 5.41) is 14.2. The summed E-state index contributed by atoms with van der Waals surface area (Å²) in [5.74, 6) is -1.51. The zero-order valence-electron chi connectivity index (χ0n) is 8.27. The molecule has 7 nitrogen and oxygen atoms in total. The molecule has 1 aromatic carbocycles. The summed E-state index contributed by atoms with van der Waals surface area (Å²) in [6.07, 6.45) is 0. The van der Waals surface area contributed by atoms with Gasteiger partial charge in [-0.3, -0.25) is 0 Å². The first kappa shape index (κ1) is 11.3. The number of carboxylic acids is 1. The molecule has 0 atom stereocenters. The van der Waals surface area contributed by atoms with Gasteiger partial charge >= 0.3 is 5.97 Å². The van der Waals surface area contributed by atoms with E-state index >= 15 is 0 Å². The first-order valence-corrected chi connectivity index (χ1v) is 5.88. The number of nitrogens with zero attached hydrogens (tertiary/aromatic N) is 2. The normalized spacial score (nSPS) is 11.3. The molecule has 0 aliphatic carbocycles. The third-order valence-corrected chi connectivity index (χ3v) is 3.64. The van der Waals surface area contributed by atoms with Crippen LogP contribution in [-0.2, 0) is 9.84 Å². The van der Waals surface area contributed by atoms with E-state index in [0.717, 1.165) is 0 Å². The zero-order chi connectivity index (χ0) is 12.5. The van der Waals surface area contributed by atoms with Crippen molar-refractivity contribution >= 4 is 15.8 Å². The van der Waals surface area contributed by atoms with Crippen LogP contribution in [0.3, 0.4) is 0 Å². The predicted octanol–water partition coefficient (Wildman–Crippen LogP) is 0.601. The number of hydrogen-bond acceptors (Lipinski definition) is 6. The Morgan fingerprint density at radius 3 is 2.41 bits per heavy atom. The highest BCUT2D eigenvalue weighted by atomic mass is 32.2. The highest BCUT2D eigenvalue weighted by Crippen LogP contribution is 2.20. The van der Waals surface area contributed by atoms with Gasteiger partial charge in [-0.15, -0.1) is 0 Å². The number of sulfone groups is 1. The van der Waals surface area contributed by atoms with Crippen molar-refractivity contribution in [3.63, 3.8) is 0 Å². The van der Waals surface area contributed by atoms with Crippen LogP contribution in [-0.4, -0.2) is 29.8 Å². The Balaban J connectivity index is 2.61. The molecule has 17 heavy (non-hydrogen) atoms. The lowest BCUT2D eigenvalue weighted by Crippen LogP contribution is -2.09. The van der Waals surface area contributed by atoms with Gasteiger partial charge in [0, 0.05) is 0 Å².